The summed E-state index contributed by atoms with van der Waals surface area (Å²) in [5, 5.41) is 13.6. The molecule has 0 unspecified atom stereocenters. The van der Waals surface area contributed by atoms with Gasteiger partial charge in [0.1, 0.15) is 6.04 Å². The summed E-state index contributed by atoms with van der Waals surface area (Å²) in [5.74, 6) is -2.06. The summed E-state index contributed by atoms with van der Waals surface area (Å²) in [6.45, 7) is 1.86. The van der Waals surface area contributed by atoms with Crippen molar-refractivity contribution in [1.29, 1.82) is 0 Å². The predicted molar refractivity (Wildman–Crippen MR) is 54.5 cm³/mol. The fourth-order valence-electron chi connectivity index (χ4n) is 1.18. The van der Waals surface area contributed by atoms with Crippen LogP contribution in [0.15, 0.2) is 0 Å². The molecule has 0 aromatic heterocycles. The molecular formula is C9H15N3O4. The van der Waals surface area contributed by atoms with Crippen LogP contribution in [0.25, 0.3) is 0 Å². The lowest BCUT2D eigenvalue weighted by molar-refractivity contribution is -0.140. The molecule has 16 heavy (non-hydrogen) atoms. The number of rotatable bonds is 5. The van der Waals surface area contributed by atoms with Crippen LogP contribution in [0.5, 0.6) is 0 Å². The van der Waals surface area contributed by atoms with Crippen molar-refractivity contribution in [3.05, 3.63) is 0 Å². The molecule has 1 rings (SSSR count). The molecule has 0 heterocycles. The molecule has 3 amide bonds. The number of hydrogen-bond donors (Lipinski definition) is 4. The zero-order valence-electron chi connectivity index (χ0n) is 8.95. The van der Waals surface area contributed by atoms with E-state index in [-0.39, 0.29) is 5.54 Å². The van der Waals surface area contributed by atoms with E-state index in [9.17, 15) is 14.4 Å². The number of carboxylic acid groups (broad SMARTS) is 1. The van der Waals surface area contributed by atoms with Gasteiger partial charge >= 0.3 is 12.0 Å². The van der Waals surface area contributed by atoms with Crippen molar-refractivity contribution in [2.75, 3.05) is 0 Å². The number of nitrogens with one attached hydrogen (secondary N) is 2. The maximum atomic E-state index is 11.4. The van der Waals surface area contributed by atoms with Gasteiger partial charge in [-0.25, -0.2) is 9.59 Å². The second kappa shape index (κ2) is 4.38. The predicted octanol–water partition coefficient (Wildman–Crippen LogP) is -0.833. The van der Waals surface area contributed by atoms with Crippen LogP contribution in [0.2, 0.25) is 0 Å². The summed E-state index contributed by atoms with van der Waals surface area (Å²) in [7, 11) is 0. The third kappa shape index (κ3) is 3.76. The summed E-state index contributed by atoms with van der Waals surface area (Å²) < 4.78 is 0. The van der Waals surface area contributed by atoms with E-state index in [1.54, 1.807) is 0 Å². The van der Waals surface area contributed by atoms with Crippen LogP contribution in [-0.4, -0.2) is 34.6 Å². The highest BCUT2D eigenvalue weighted by molar-refractivity contribution is 5.87. The van der Waals surface area contributed by atoms with E-state index >= 15 is 0 Å². The van der Waals surface area contributed by atoms with Crippen molar-refractivity contribution in [3.8, 4) is 0 Å². The Kier molecular flexibility index (Phi) is 3.36. The third-order valence-corrected chi connectivity index (χ3v) is 2.42. The molecule has 1 atom stereocenters. The van der Waals surface area contributed by atoms with E-state index in [2.05, 4.69) is 10.6 Å². The van der Waals surface area contributed by atoms with Crippen LogP contribution in [-0.2, 0) is 9.59 Å². The Hall–Kier alpha value is -1.79. The highest BCUT2D eigenvalue weighted by Crippen LogP contribution is 2.33. The molecule has 0 bridgehead atoms. The lowest BCUT2D eigenvalue weighted by Gasteiger charge is -2.16. The number of nitrogens with two attached hydrogens (primary N) is 1. The monoisotopic (exact) mass is 229 g/mol. The van der Waals surface area contributed by atoms with Gasteiger partial charge in [0, 0.05) is 5.54 Å². The van der Waals surface area contributed by atoms with Crippen molar-refractivity contribution in [1.82, 2.24) is 10.6 Å². The van der Waals surface area contributed by atoms with Crippen molar-refractivity contribution in [2.45, 2.75) is 37.8 Å². The molecular weight excluding hydrogens is 214 g/mol. The van der Waals surface area contributed by atoms with Gasteiger partial charge in [-0.2, -0.15) is 0 Å². The van der Waals surface area contributed by atoms with Gasteiger partial charge in [-0.15, -0.1) is 0 Å². The highest BCUT2D eigenvalue weighted by Gasteiger charge is 2.39. The second-order valence-corrected chi connectivity index (χ2v) is 4.22. The number of carboxylic acids is 1. The molecule has 1 saturated carbocycles. The SMILES string of the molecule is CC1(NC(=O)N[C@@H](CC(N)=O)C(=O)O)CC1. The molecule has 1 aliphatic rings. The number of carbonyl (C=O) groups excluding carboxylic acids is 2. The van der Waals surface area contributed by atoms with Crippen molar-refractivity contribution >= 4 is 17.9 Å². The zero-order valence-corrected chi connectivity index (χ0v) is 8.95. The van der Waals surface area contributed by atoms with E-state index in [1.807, 2.05) is 6.92 Å². The molecule has 90 valence electrons. The maximum Gasteiger partial charge on any atom is 0.326 e. The lowest BCUT2D eigenvalue weighted by Crippen LogP contribution is -2.50. The summed E-state index contributed by atoms with van der Waals surface area (Å²) >= 11 is 0. The van der Waals surface area contributed by atoms with Crippen LogP contribution in [0, 0.1) is 0 Å². The van der Waals surface area contributed by atoms with Gasteiger partial charge in [-0.1, -0.05) is 0 Å². The number of aliphatic carboxylic acids is 1. The topological polar surface area (TPSA) is 122 Å². The van der Waals surface area contributed by atoms with E-state index in [0.29, 0.717) is 0 Å². The third-order valence-electron chi connectivity index (χ3n) is 2.42. The van der Waals surface area contributed by atoms with E-state index in [0.717, 1.165) is 12.8 Å². The first kappa shape index (κ1) is 12.3. The Balaban J connectivity index is 2.44. The molecule has 0 aromatic carbocycles. The number of primary amides is 1. The van der Waals surface area contributed by atoms with Gasteiger partial charge in [-0.05, 0) is 19.8 Å². The van der Waals surface area contributed by atoms with Gasteiger partial charge < -0.3 is 21.5 Å². The first-order chi connectivity index (χ1) is 7.32. The molecule has 0 radical (unpaired) electrons. The number of hydrogen-bond acceptors (Lipinski definition) is 3. The fourth-order valence-corrected chi connectivity index (χ4v) is 1.18. The van der Waals surface area contributed by atoms with Crippen LogP contribution in [0.4, 0.5) is 4.79 Å². The fraction of sp³-hybridized carbons (Fsp3) is 0.667. The molecule has 0 saturated heterocycles. The molecule has 7 nitrogen and oxygen atoms in total. The summed E-state index contributed by atoms with van der Waals surface area (Å²) in [5.41, 5.74) is 4.64. The van der Waals surface area contributed by atoms with E-state index in [4.69, 9.17) is 10.8 Å². The molecule has 5 N–H and O–H groups in total. The average Bonchev–Trinajstić information content (AvgIpc) is 2.80. The largest absolute Gasteiger partial charge is 0.480 e. The average molecular weight is 229 g/mol. The van der Waals surface area contributed by atoms with Gasteiger partial charge in [0.25, 0.3) is 0 Å². The molecule has 1 fully saturated rings. The normalized spacial score (nSPS) is 18.3. The smallest absolute Gasteiger partial charge is 0.326 e. The first-order valence-electron chi connectivity index (χ1n) is 4.92. The minimum atomic E-state index is -1.28. The lowest BCUT2D eigenvalue weighted by atomic mass is 10.2. The maximum absolute atomic E-state index is 11.4. The van der Waals surface area contributed by atoms with Crippen molar-refractivity contribution in [3.63, 3.8) is 0 Å². The standard InChI is InChI=1S/C9H15N3O4/c1-9(2-3-9)12-8(16)11-5(7(14)15)4-6(10)13/h5H,2-4H2,1H3,(H2,10,13)(H,14,15)(H2,11,12,16)/t5-/m0/s1. The second-order valence-electron chi connectivity index (χ2n) is 4.22. The number of carbonyl (C=O) groups is 3. The zero-order chi connectivity index (χ0) is 12.3. The van der Waals surface area contributed by atoms with Crippen molar-refractivity contribution in [2.24, 2.45) is 5.73 Å². The molecule has 1 aliphatic carbocycles. The van der Waals surface area contributed by atoms with Crippen LogP contribution in [0.1, 0.15) is 26.2 Å². The number of amides is 3. The minimum absolute atomic E-state index is 0.236. The molecule has 0 aliphatic heterocycles. The highest BCUT2D eigenvalue weighted by atomic mass is 16.4. The summed E-state index contributed by atoms with van der Waals surface area (Å²) in [6.07, 6.45) is 1.32. The van der Waals surface area contributed by atoms with Crippen LogP contribution in [0.3, 0.4) is 0 Å². The summed E-state index contributed by atoms with van der Waals surface area (Å²) in [4.78, 5) is 32.6. The Labute approximate surface area is 92.4 Å². The Bertz CT molecular complexity index is 325. The van der Waals surface area contributed by atoms with Crippen LogP contribution < -0.4 is 16.4 Å². The first-order valence-corrected chi connectivity index (χ1v) is 4.92. The van der Waals surface area contributed by atoms with Gasteiger partial charge in [0.05, 0.1) is 6.42 Å². The van der Waals surface area contributed by atoms with Gasteiger partial charge in [-0.3, -0.25) is 4.79 Å². The van der Waals surface area contributed by atoms with E-state index in [1.165, 1.54) is 0 Å². The van der Waals surface area contributed by atoms with Crippen LogP contribution >= 0.6 is 0 Å². The van der Waals surface area contributed by atoms with Gasteiger partial charge in [0.2, 0.25) is 5.91 Å². The van der Waals surface area contributed by atoms with Crippen molar-refractivity contribution < 1.29 is 19.5 Å². The Morgan fingerprint density at radius 1 is 1.44 bits per heavy atom. The molecule has 0 aromatic rings. The molecule has 0 spiro atoms. The van der Waals surface area contributed by atoms with Gasteiger partial charge in [0.15, 0.2) is 0 Å². The number of urea groups is 1. The molecule has 7 heteroatoms. The Morgan fingerprint density at radius 3 is 2.38 bits per heavy atom. The minimum Gasteiger partial charge on any atom is -0.480 e. The van der Waals surface area contributed by atoms with E-state index < -0.39 is 30.4 Å². The summed E-state index contributed by atoms with van der Waals surface area (Å²) in [6, 6.07) is -1.87. The Morgan fingerprint density at radius 2 is 2.00 bits per heavy atom. The quantitative estimate of drug-likeness (QED) is 0.491.